The second-order valence-electron chi connectivity index (χ2n) is 5.97. The van der Waals surface area contributed by atoms with Gasteiger partial charge in [-0.05, 0) is 62.8 Å². The topological polar surface area (TPSA) is 24.1 Å². The van der Waals surface area contributed by atoms with Crippen LogP contribution in [-0.4, -0.2) is 6.26 Å². The van der Waals surface area contributed by atoms with E-state index >= 15 is 0 Å². The van der Waals surface area contributed by atoms with Gasteiger partial charge in [0, 0.05) is 23.8 Å². The van der Waals surface area contributed by atoms with E-state index in [0.717, 1.165) is 25.0 Å². The monoisotopic (exact) mass is 356 g/mol. The molecule has 0 aliphatic rings. The molecule has 0 aliphatic carbocycles. The highest BCUT2D eigenvalue weighted by molar-refractivity contribution is 7.96. The molecule has 0 saturated carbocycles. The van der Waals surface area contributed by atoms with Crippen molar-refractivity contribution in [2.75, 3.05) is 6.26 Å². The molecular formula is C22H32N2S. The SMILES string of the molecule is C\C=C(CC)/C(C)=C/C=C(\C)N/C=C(/CCc1ccccc1)NSC. The number of aryl methyl sites for hydroxylation is 1. The lowest BCUT2D eigenvalue weighted by Crippen LogP contribution is -2.10. The summed E-state index contributed by atoms with van der Waals surface area (Å²) < 4.78 is 3.37. The van der Waals surface area contributed by atoms with Crippen LogP contribution in [0.25, 0.3) is 0 Å². The van der Waals surface area contributed by atoms with Gasteiger partial charge in [0.2, 0.25) is 0 Å². The van der Waals surface area contributed by atoms with E-state index < -0.39 is 0 Å². The van der Waals surface area contributed by atoms with Crippen molar-refractivity contribution in [3.63, 3.8) is 0 Å². The fourth-order valence-corrected chi connectivity index (χ4v) is 2.95. The van der Waals surface area contributed by atoms with Crippen molar-refractivity contribution in [1.29, 1.82) is 0 Å². The van der Waals surface area contributed by atoms with Gasteiger partial charge in [-0.15, -0.1) is 0 Å². The van der Waals surface area contributed by atoms with Crippen molar-refractivity contribution in [2.45, 2.75) is 47.0 Å². The highest BCUT2D eigenvalue weighted by atomic mass is 32.2. The highest BCUT2D eigenvalue weighted by Gasteiger charge is 1.99. The van der Waals surface area contributed by atoms with E-state index in [1.165, 1.54) is 22.4 Å². The standard InChI is InChI=1S/C22H32N2S/c1-6-21(7-2)18(3)13-14-19(4)23-17-22(24-25-5)16-15-20-11-9-8-10-12-20/h6,8-14,17,23-24H,7,15-16H2,1-5H3/b18-13+,19-14+,21-6-,22-17-. The number of hydrogen-bond acceptors (Lipinski definition) is 3. The molecule has 0 fully saturated rings. The fourth-order valence-electron chi connectivity index (χ4n) is 2.52. The Labute approximate surface area is 158 Å². The summed E-state index contributed by atoms with van der Waals surface area (Å²) in [6.07, 6.45) is 13.7. The van der Waals surface area contributed by atoms with Gasteiger partial charge in [-0.3, -0.25) is 0 Å². The van der Waals surface area contributed by atoms with Crippen molar-refractivity contribution in [1.82, 2.24) is 10.0 Å². The van der Waals surface area contributed by atoms with Crippen LogP contribution < -0.4 is 10.0 Å². The first kappa shape index (κ1) is 21.2. The molecule has 25 heavy (non-hydrogen) atoms. The molecule has 1 aromatic rings. The minimum Gasteiger partial charge on any atom is -0.364 e. The van der Waals surface area contributed by atoms with Crippen molar-refractivity contribution >= 4 is 11.9 Å². The van der Waals surface area contributed by atoms with Crippen LogP contribution in [0.2, 0.25) is 0 Å². The Morgan fingerprint density at radius 2 is 1.84 bits per heavy atom. The summed E-state index contributed by atoms with van der Waals surface area (Å²) in [5.41, 5.74) is 6.41. The van der Waals surface area contributed by atoms with Gasteiger partial charge in [0.05, 0.1) is 0 Å². The summed E-state index contributed by atoms with van der Waals surface area (Å²) in [4.78, 5) is 0. The van der Waals surface area contributed by atoms with Crippen LogP contribution in [0, 0.1) is 0 Å². The Morgan fingerprint density at radius 3 is 2.44 bits per heavy atom. The molecule has 2 N–H and O–H groups in total. The van der Waals surface area contributed by atoms with Crippen LogP contribution in [0.1, 0.15) is 46.1 Å². The number of hydrogen-bond donors (Lipinski definition) is 2. The third-order valence-corrected chi connectivity index (χ3v) is 4.52. The Morgan fingerprint density at radius 1 is 1.12 bits per heavy atom. The van der Waals surface area contributed by atoms with E-state index in [9.17, 15) is 0 Å². The zero-order valence-corrected chi connectivity index (χ0v) is 17.0. The second kappa shape index (κ2) is 12.5. The van der Waals surface area contributed by atoms with E-state index in [2.05, 4.69) is 98.7 Å². The van der Waals surface area contributed by atoms with Gasteiger partial charge in [-0.2, -0.15) is 0 Å². The van der Waals surface area contributed by atoms with Crippen molar-refractivity contribution in [2.24, 2.45) is 0 Å². The van der Waals surface area contributed by atoms with E-state index in [-0.39, 0.29) is 0 Å². The van der Waals surface area contributed by atoms with Crippen LogP contribution in [0.5, 0.6) is 0 Å². The van der Waals surface area contributed by atoms with Crippen molar-refractivity contribution in [3.05, 3.63) is 82.9 Å². The largest absolute Gasteiger partial charge is 0.364 e. The smallest absolute Gasteiger partial charge is 0.0373 e. The summed E-state index contributed by atoms with van der Waals surface area (Å²) in [5.74, 6) is 0. The highest BCUT2D eigenvalue weighted by Crippen LogP contribution is 2.13. The molecule has 2 nitrogen and oxygen atoms in total. The first-order valence-corrected chi connectivity index (χ1v) is 10.1. The van der Waals surface area contributed by atoms with Gasteiger partial charge >= 0.3 is 0 Å². The van der Waals surface area contributed by atoms with E-state index in [0.29, 0.717) is 0 Å². The average molecular weight is 357 g/mol. The molecule has 3 heteroatoms. The first-order chi connectivity index (χ1) is 12.1. The summed E-state index contributed by atoms with van der Waals surface area (Å²) in [6, 6.07) is 10.6. The molecule has 1 rings (SSSR count). The van der Waals surface area contributed by atoms with Gasteiger partial charge in [0.25, 0.3) is 0 Å². The first-order valence-electron chi connectivity index (χ1n) is 8.89. The Bertz CT molecular complexity index is 625. The average Bonchev–Trinajstić information content (AvgIpc) is 2.64. The lowest BCUT2D eigenvalue weighted by molar-refractivity contribution is 0.876. The van der Waals surface area contributed by atoms with Crippen LogP contribution in [0.3, 0.4) is 0 Å². The third-order valence-electron chi connectivity index (χ3n) is 4.05. The zero-order chi connectivity index (χ0) is 18.5. The summed E-state index contributed by atoms with van der Waals surface area (Å²) in [6.45, 7) is 8.55. The summed E-state index contributed by atoms with van der Waals surface area (Å²) >= 11 is 1.63. The predicted octanol–water partition coefficient (Wildman–Crippen LogP) is 6.12. The van der Waals surface area contributed by atoms with Crippen LogP contribution >= 0.6 is 11.9 Å². The second-order valence-corrected chi connectivity index (χ2v) is 6.58. The quantitative estimate of drug-likeness (QED) is 0.390. The summed E-state index contributed by atoms with van der Waals surface area (Å²) in [5, 5.41) is 3.39. The molecule has 0 aromatic heterocycles. The lowest BCUT2D eigenvalue weighted by Gasteiger charge is -2.10. The maximum absolute atomic E-state index is 3.39. The van der Waals surface area contributed by atoms with Gasteiger partial charge in [0.15, 0.2) is 0 Å². The molecule has 0 radical (unpaired) electrons. The van der Waals surface area contributed by atoms with E-state index in [1.807, 2.05) is 0 Å². The molecule has 0 spiro atoms. The normalized spacial score (nSPS) is 13.8. The molecule has 1 aromatic carbocycles. The van der Waals surface area contributed by atoms with Gasteiger partial charge in [-0.25, -0.2) is 0 Å². The van der Waals surface area contributed by atoms with Crippen LogP contribution in [0.4, 0.5) is 0 Å². The molecule has 0 amide bonds. The fraction of sp³-hybridized carbons (Fsp3) is 0.364. The molecule has 0 atom stereocenters. The number of benzene rings is 1. The Hall–Kier alpha value is -1.87. The van der Waals surface area contributed by atoms with Crippen molar-refractivity contribution < 1.29 is 0 Å². The van der Waals surface area contributed by atoms with Crippen molar-refractivity contribution in [3.8, 4) is 0 Å². The number of allylic oxidation sites excluding steroid dienone is 7. The number of nitrogens with one attached hydrogen (secondary N) is 2. The van der Waals surface area contributed by atoms with Gasteiger partial charge < -0.3 is 10.0 Å². The lowest BCUT2D eigenvalue weighted by atomic mass is 10.0. The molecule has 136 valence electrons. The molecular weight excluding hydrogens is 324 g/mol. The molecule has 0 aliphatic heterocycles. The minimum absolute atomic E-state index is 0.985. The maximum atomic E-state index is 3.39. The molecule has 0 saturated heterocycles. The van der Waals surface area contributed by atoms with Gasteiger partial charge in [0.1, 0.15) is 0 Å². The van der Waals surface area contributed by atoms with Crippen LogP contribution in [-0.2, 0) is 6.42 Å². The van der Waals surface area contributed by atoms with Gasteiger partial charge in [-0.1, -0.05) is 61.4 Å². The molecule has 0 heterocycles. The maximum Gasteiger partial charge on any atom is 0.0373 e. The zero-order valence-electron chi connectivity index (χ0n) is 16.2. The Kier molecular flexibility index (Phi) is 10.6. The van der Waals surface area contributed by atoms with Crippen LogP contribution in [0.15, 0.2) is 77.3 Å². The minimum atomic E-state index is 0.985. The Balaban J connectivity index is 2.66. The predicted molar refractivity (Wildman–Crippen MR) is 114 cm³/mol. The third kappa shape index (κ3) is 8.69. The molecule has 0 bridgehead atoms. The molecule has 0 unspecified atom stereocenters. The van der Waals surface area contributed by atoms with E-state index in [1.54, 1.807) is 11.9 Å². The van der Waals surface area contributed by atoms with E-state index in [4.69, 9.17) is 0 Å². The number of rotatable bonds is 10. The summed E-state index contributed by atoms with van der Waals surface area (Å²) in [7, 11) is 0.